The number of methoxy groups -OCH3 is 1. The van der Waals surface area contributed by atoms with Crippen LogP contribution in [0.2, 0.25) is 0 Å². The van der Waals surface area contributed by atoms with Gasteiger partial charge in [-0.3, -0.25) is 9.59 Å². The van der Waals surface area contributed by atoms with Crippen molar-refractivity contribution >= 4 is 11.9 Å². The van der Waals surface area contributed by atoms with Crippen LogP contribution >= 0.6 is 0 Å². The Kier molecular flexibility index (Phi) is 6.80. The first-order valence-electron chi connectivity index (χ1n) is 5.93. The van der Waals surface area contributed by atoms with Gasteiger partial charge in [-0.25, -0.2) is 0 Å². The van der Waals surface area contributed by atoms with Crippen LogP contribution in [0.4, 0.5) is 0 Å². The molecule has 0 aliphatic rings. The molecule has 0 radical (unpaired) electrons. The minimum atomic E-state index is -0.505. The predicted molar refractivity (Wildman–Crippen MR) is 66.2 cm³/mol. The number of rotatable bonds is 6. The number of hydrogen-bond donors (Lipinski definition) is 1. The van der Waals surface area contributed by atoms with E-state index in [1.165, 1.54) is 12.0 Å². The number of nitrogens with zero attached hydrogens (tertiary/aromatic N) is 1. The van der Waals surface area contributed by atoms with E-state index >= 15 is 0 Å². The lowest BCUT2D eigenvalue weighted by molar-refractivity contribution is -0.146. The number of carbonyl (C=O) groups excluding carboxylic acids is 2. The first-order valence-corrected chi connectivity index (χ1v) is 5.93. The summed E-state index contributed by atoms with van der Waals surface area (Å²) >= 11 is 0. The van der Waals surface area contributed by atoms with Crippen molar-refractivity contribution in [2.45, 2.75) is 33.2 Å². The summed E-state index contributed by atoms with van der Waals surface area (Å²) < 4.78 is 4.61. The van der Waals surface area contributed by atoms with Crippen molar-refractivity contribution in [3.05, 3.63) is 0 Å². The SMILES string of the molecule is CCC(C)[C@H](N)C(=O)N(C)CC(C)C(=O)OC. The molecule has 0 spiro atoms. The number of amides is 1. The van der Waals surface area contributed by atoms with Crippen molar-refractivity contribution in [2.75, 3.05) is 20.7 Å². The summed E-state index contributed by atoms with van der Waals surface area (Å²) in [6.07, 6.45) is 0.854. The van der Waals surface area contributed by atoms with Gasteiger partial charge in [0.25, 0.3) is 0 Å². The molecular formula is C12H24N2O3. The zero-order chi connectivity index (χ0) is 13.6. The third-order valence-electron chi connectivity index (χ3n) is 3.07. The van der Waals surface area contributed by atoms with Gasteiger partial charge < -0.3 is 15.4 Å². The van der Waals surface area contributed by atoms with Crippen molar-refractivity contribution in [1.82, 2.24) is 4.90 Å². The minimum Gasteiger partial charge on any atom is -0.469 e. The molecule has 100 valence electrons. The van der Waals surface area contributed by atoms with Gasteiger partial charge in [0.15, 0.2) is 0 Å². The number of hydrogen-bond acceptors (Lipinski definition) is 4. The Bertz CT molecular complexity index is 268. The summed E-state index contributed by atoms with van der Waals surface area (Å²) in [5, 5.41) is 0. The maximum atomic E-state index is 11.9. The van der Waals surface area contributed by atoms with Crippen LogP contribution in [0.5, 0.6) is 0 Å². The molecule has 0 fully saturated rings. The topological polar surface area (TPSA) is 72.6 Å². The molecule has 5 nitrogen and oxygen atoms in total. The van der Waals surface area contributed by atoms with Crippen LogP contribution in [0.15, 0.2) is 0 Å². The molecule has 0 rings (SSSR count). The minimum absolute atomic E-state index is 0.130. The smallest absolute Gasteiger partial charge is 0.310 e. The van der Waals surface area contributed by atoms with E-state index < -0.39 is 6.04 Å². The normalized spacial score (nSPS) is 15.9. The monoisotopic (exact) mass is 244 g/mol. The quantitative estimate of drug-likeness (QED) is 0.695. The van der Waals surface area contributed by atoms with Gasteiger partial charge in [0.1, 0.15) is 0 Å². The predicted octanol–water partition coefficient (Wildman–Crippen LogP) is 0.627. The van der Waals surface area contributed by atoms with Crippen molar-refractivity contribution in [2.24, 2.45) is 17.6 Å². The van der Waals surface area contributed by atoms with Crippen molar-refractivity contribution < 1.29 is 14.3 Å². The molecule has 0 aromatic carbocycles. The number of esters is 1. The highest BCUT2D eigenvalue weighted by atomic mass is 16.5. The first-order chi connectivity index (χ1) is 7.84. The molecule has 0 aliphatic carbocycles. The van der Waals surface area contributed by atoms with Crippen LogP contribution in [0, 0.1) is 11.8 Å². The molecule has 2 unspecified atom stereocenters. The molecule has 0 saturated heterocycles. The number of likely N-dealkylation sites (N-methyl/N-ethyl adjacent to an activating group) is 1. The van der Waals surface area contributed by atoms with Crippen LogP contribution in [-0.2, 0) is 14.3 Å². The molecule has 1 amide bonds. The lowest BCUT2D eigenvalue weighted by Gasteiger charge is -2.26. The van der Waals surface area contributed by atoms with E-state index in [0.717, 1.165) is 6.42 Å². The van der Waals surface area contributed by atoms with Gasteiger partial charge in [-0.1, -0.05) is 27.2 Å². The molecule has 0 aromatic rings. The third-order valence-corrected chi connectivity index (χ3v) is 3.07. The largest absolute Gasteiger partial charge is 0.469 e. The van der Waals surface area contributed by atoms with E-state index in [9.17, 15) is 9.59 Å². The van der Waals surface area contributed by atoms with Gasteiger partial charge in [-0.15, -0.1) is 0 Å². The van der Waals surface area contributed by atoms with Gasteiger partial charge in [0.2, 0.25) is 5.91 Å². The average molecular weight is 244 g/mol. The molecule has 3 atom stereocenters. The Balaban J connectivity index is 4.36. The molecule has 2 N–H and O–H groups in total. The molecule has 0 aliphatic heterocycles. The summed E-state index contributed by atoms with van der Waals surface area (Å²) in [4.78, 5) is 24.7. The summed E-state index contributed by atoms with van der Waals surface area (Å²) in [5.74, 6) is -0.645. The number of carbonyl (C=O) groups is 2. The molecule has 0 saturated carbocycles. The summed E-state index contributed by atoms with van der Waals surface area (Å²) in [7, 11) is 3.00. The van der Waals surface area contributed by atoms with E-state index in [-0.39, 0.29) is 23.7 Å². The second kappa shape index (κ2) is 7.27. The van der Waals surface area contributed by atoms with Gasteiger partial charge >= 0.3 is 5.97 Å². The zero-order valence-electron chi connectivity index (χ0n) is 11.4. The Labute approximate surface area is 103 Å². The fraction of sp³-hybridized carbons (Fsp3) is 0.833. The van der Waals surface area contributed by atoms with E-state index in [4.69, 9.17) is 5.73 Å². The summed E-state index contributed by atoms with van der Waals surface area (Å²) in [6.45, 7) is 6.00. The molecule has 0 heterocycles. The maximum absolute atomic E-state index is 11.9. The first kappa shape index (κ1) is 15.9. The van der Waals surface area contributed by atoms with E-state index in [2.05, 4.69) is 4.74 Å². The van der Waals surface area contributed by atoms with Crippen LogP contribution in [-0.4, -0.2) is 43.5 Å². The Morgan fingerprint density at radius 3 is 2.29 bits per heavy atom. The fourth-order valence-corrected chi connectivity index (χ4v) is 1.53. The van der Waals surface area contributed by atoms with Crippen LogP contribution in [0.3, 0.4) is 0 Å². The molecule has 0 aromatic heterocycles. The summed E-state index contributed by atoms with van der Waals surface area (Å²) in [5.41, 5.74) is 5.85. The second-order valence-corrected chi connectivity index (χ2v) is 4.55. The lowest BCUT2D eigenvalue weighted by Crippen LogP contribution is -2.47. The van der Waals surface area contributed by atoms with Gasteiger partial charge in [-0.05, 0) is 5.92 Å². The Hall–Kier alpha value is -1.10. The van der Waals surface area contributed by atoms with Crippen molar-refractivity contribution in [3.8, 4) is 0 Å². The van der Waals surface area contributed by atoms with Crippen molar-refractivity contribution in [3.63, 3.8) is 0 Å². The number of nitrogens with two attached hydrogens (primary N) is 1. The van der Waals surface area contributed by atoms with Crippen LogP contribution in [0.1, 0.15) is 27.2 Å². The van der Waals surface area contributed by atoms with Crippen molar-refractivity contribution in [1.29, 1.82) is 0 Å². The van der Waals surface area contributed by atoms with Gasteiger partial charge in [0, 0.05) is 13.6 Å². The molecule has 5 heteroatoms. The van der Waals surface area contributed by atoms with E-state index in [1.807, 2.05) is 13.8 Å². The maximum Gasteiger partial charge on any atom is 0.310 e. The second-order valence-electron chi connectivity index (χ2n) is 4.55. The Morgan fingerprint density at radius 1 is 1.35 bits per heavy atom. The standard InChI is InChI=1S/C12H24N2O3/c1-6-8(2)10(13)11(15)14(4)7-9(3)12(16)17-5/h8-10H,6-7,13H2,1-5H3/t8?,9?,10-/m0/s1. The zero-order valence-corrected chi connectivity index (χ0v) is 11.4. The van der Waals surface area contributed by atoms with Gasteiger partial charge in [0.05, 0.1) is 19.1 Å². The fourth-order valence-electron chi connectivity index (χ4n) is 1.53. The van der Waals surface area contributed by atoms with Crippen LogP contribution < -0.4 is 5.73 Å². The Morgan fingerprint density at radius 2 is 1.88 bits per heavy atom. The number of ether oxygens (including phenoxy) is 1. The molecular weight excluding hydrogens is 220 g/mol. The lowest BCUT2D eigenvalue weighted by atomic mass is 9.98. The molecule has 17 heavy (non-hydrogen) atoms. The average Bonchev–Trinajstić information content (AvgIpc) is 2.34. The van der Waals surface area contributed by atoms with Crippen LogP contribution in [0.25, 0.3) is 0 Å². The highest BCUT2D eigenvalue weighted by molar-refractivity contribution is 5.82. The van der Waals surface area contributed by atoms with Gasteiger partial charge in [-0.2, -0.15) is 0 Å². The molecule has 0 bridgehead atoms. The highest BCUT2D eigenvalue weighted by Gasteiger charge is 2.25. The van der Waals surface area contributed by atoms with E-state index in [0.29, 0.717) is 6.54 Å². The third kappa shape index (κ3) is 4.73. The summed E-state index contributed by atoms with van der Waals surface area (Å²) in [6, 6.07) is -0.505. The highest BCUT2D eigenvalue weighted by Crippen LogP contribution is 2.09. The van der Waals surface area contributed by atoms with E-state index in [1.54, 1.807) is 14.0 Å².